The van der Waals surface area contributed by atoms with E-state index in [2.05, 4.69) is 52.8 Å². The second kappa shape index (κ2) is 7.79. The number of aromatic nitrogens is 3. The molecule has 130 valence electrons. The van der Waals surface area contributed by atoms with Gasteiger partial charge in [-0.3, -0.25) is 4.68 Å². The Labute approximate surface area is 147 Å². The molecule has 1 atom stereocenters. The Morgan fingerprint density at radius 1 is 1.16 bits per heavy atom. The molecule has 0 radical (unpaired) electrons. The summed E-state index contributed by atoms with van der Waals surface area (Å²) in [6.07, 6.45) is 3.16. The van der Waals surface area contributed by atoms with Gasteiger partial charge in [-0.15, -0.1) is 0 Å². The first-order valence-electron chi connectivity index (χ1n) is 8.47. The normalized spacial score (nSPS) is 12.3. The highest BCUT2D eigenvalue weighted by atomic mass is 16.2. The summed E-state index contributed by atoms with van der Waals surface area (Å²) in [6.45, 7) is 5.24. The number of hydrogen-bond acceptors (Lipinski definition) is 3. The molecule has 0 fully saturated rings. The van der Waals surface area contributed by atoms with E-state index in [4.69, 9.17) is 0 Å². The van der Waals surface area contributed by atoms with Crippen molar-refractivity contribution in [2.45, 2.75) is 33.0 Å². The Balaban J connectivity index is 1.61. The summed E-state index contributed by atoms with van der Waals surface area (Å²) in [5, 5.41) is 12.4. The van der Waals surface area contributed by atoms with Crippen molar-refractivity contribution in [1.82, 2.24) is 25.4 Å². The van der Waals surface area contributed by atoms with Gasteiger partial charge in [0.15, 0.2) is 0 Å². The molecule has 0 aliphatic heterocycles. The molecule has 2 N–H and O–H groups in total. The van der Waals surface area contributed by atoms with E-state index in [0.717, 1.165) is 10.9 Å². The van der Waals surface area contributed by atoms with Gasteiger partial charge in [-0.1, -0.05) is 56.3 Å². The highest BCUT2D eigenvalue weighted by molar-refractivity contribution is 5.86. The first kappa shape index (κ1) is 17.0. The van der Waals surface area contributed by atoms with Gasteiger partial charge in [-0.05, 0) is 22.3 Å². The third kappa shape index (κ3) is 4.35. The van der Waals surface area contributed by atoms with E-state index in [1.807, 2.05) is 24.3 Å². The zero-order valence-corrected chi connectivity index (χ0v) is 14.5. The van der Waals surface area contributed by atoms with Gasteiger partial charge >= 0.3 is 6.03 Å². The van der Waals surface area contributed by atoms with Crippen LogP contribution < -0.4 is 10.6 Å². The van der Waals surface area contributed by atoms with Crippen molar-refractivity contribution in [3.8, 4) is 0 Å². The van der Waals surface area contributed by atoms with Gasteiger partial charge in [0, 0.05) is 6.54 Å². The summed E-state index contributed by atoms with van der Waals surface area (Å²) in [5.74, 6) is 0.285. The molecule has 3 aromatic rings. The maximum absolute atomic E-state index is 12.3. The van der Waals surface area contributed by atoms with E-state index >= 15 is 0 Å². The Morgan fingerprint density at radius 2 is 1.96 bits per heavy atom. The van der Waals surface area contributed by atoms with E-state index < -0.39 is 0 Å². The van der Waals surface area contributed by atoms with Crippen LogP contribution >= 0.6 is 0 Å². The van der Waals surface area contributed by atoms with Gasteiger partial charge in [0.2, 0.25) is 0 Å². The van der Waals surface area contributed by atoms with Gasteiger partial charge in [-0.2, -0.15) is 5.10 Å². The number of nitrogens with one attached hydrogen (secondary N) is 2. The zero-order valence-electron chi connectivity index (χ0n) is 14.5. The van der Waals surface area contributed by atoms with Gasteiger partial charge in [0.05, 0.1) is 12.6 Å². The van der Waals surface area contributed by atoms with Crippen LogP contribution in [0.15, 0.2) is 55.1 Å². The first-order valence-corrected chi connectivity index (χ1v) is 8.47. The third-order valence-electron chi connectivity index (χ3n) is 4.29. The van der Waals surface area contributed by atoms with Crippen molar-refractivity contribution >= 4 is 16.8 Å². The van der Waals surface area contributed by atoms with E-state index in [1.165, 1.54) is 11.7 Å². The van der Waals surface area contributed by atoms with Crippen LogP contribution in [0, 0.1) is 5.92 Å². The minimum absolute atomic E-state index is 0.0192. The fraction of sp³-hybridized carbons (Fsp3) is 0.316. The van der Waals surface area contributed by atoms with Crippen LogP contribution in [0.5, 0.6) is 0 Å². The predicted molar refractivity (Wildman–Crippen MR) is 98.0 cm³/mol. The largest absolute Gasteiger partial charge is 0.334 e. The minimum atomic E-state index is -0.174. The molecule has 0 saturated heterocycles. The summed E-state index contributed by atoms with van der Waals surface area (Å²) >= 11 is 0. The third-order valence-corrected chi connectivity index (χ3v) is 4.29. The number of fused-ring (bicyclic) bond motifs is 1. The Hall–Kier alpha value is -2.89. The quantitative estimate of drug-likeness (QED) is 0.726. The van der Waals surface area contributed by atoms with E-state index in [-0.39, 0.29) is 18.0 Å². The van der Waals surface area contributed by atoms with E-state index in [1.54, 1.807) is 11.0 Å². The maximum atomic E-state index is 12.3. The van der Waals surface area contributed by atoms with Crippen molar-refractivity contribution in [1.29, 1.82) is 0 Å². The van der Waals surface area contributed by atoms with Crippen LogP contribution in [-0.4, -0.2) is 26.8 Å². The highest BCUT2D eigenvalue weighted by Gasteiger charge is 2.17. The minimum Gasteiger partial charge on any atom is -0.334 e. The lowest BCUT2D eigenvalue weighted by Crippen LogP contribution is -2.46. The second-order valence-corrected chi connectivity index (χ2v) is 6.43. The SMILES string of the molecule is CC(C)[C@H](Cn1cncn1)NC(=O)NCc1cccc2ccccc12. The smallest absolute Gasteiger partial charge is 0.315 e. The number of carbonyl (C=O) groups is 1. The highest BCUT2D eigenvalue weighted by Crippen LogP contribution is 2.18. The monoisotopic (exact) mass is 337 g/mol. The molecule has 2 amide bonds. The average Bonchev–Trinajstić information content (AvgIpc) is 3.12. The lowest BCUT2D eigenvalue weighted by Gasteiger charge is -2.22. The number of rotatable bonds is 6. The molecule has 6 nitrogen and oxygen atoms in total. The van der Waals surface area contributed by atoms with E-state index in [0.29, 0.717) is 13.1 Å². The summed E-state index contributed by atoms with van der Waals surface area (Å²) in [5.41, 5.74) is 1.10. The maximum Gasteiger partial charge on any atom is 0.315 e. The lowest BCUT2D eigenvalue weighted by atomic mass is 10.0. The average molecular weight is 337 g/mol. The molecule has 3 rings (SSSR count). The van der Waals surface area contributed by atoms with Gasteiger partial charge < -0.3 is 10.6 Å². The van der Waals surface area contributed by atoms with Crippen molar-refractivity contribution < 1.29 is 4.79 Å². The van der Waals surface area contributed by atoms with Crippen LogP contribution in [0.2, 0.25) is 0 Å². The number of carbonyl (C=O) groups excluding carboxylic acids is 1. The van der Waals surface area contributed by atoms with Crippen molar-refractivity contribution in [2.24, 2.45) is 5.92 Å². The van der Waals surface area contributed by atoms with Gasteiger partial charge in [-0.25, -0.2) is 9.78 Å². The number of nitrogens with zero attached hydrogens (tertiary/aromatic N) is 3. The molecule has 0 aliphatic carbocycles. The molecule has 0 saturated carbocycles. The molecule has 1 heterocycles. The molecule has 0 bridgehead atoms. The molecule has 0 unspecified atom stereocenters. The first-order chi connectivity index (χ1) is 12.1. The summed E-state index contributed by atoms with van der Waals surface area (Å²) in [4.78, 5) is 16.3. The Kier molecular flexibility index (Phi) is 5.28. The molecule has 0 spiro atoms. The van der Waals surface area contributed by atoms with Crippen LogP contribution in [0.3, 0.4) is 0 Å². The molecule has 0 aliphatic rings. The lowest BCUT2D eigenvalue weighted by molar-refractivity contribution is 0.229. The van der Waals surface area contributed by atoms with Gasteiger partial charge in [0.1, 0.15) is 12.7 Å². The topological polar surface area (TPSA) is 71.8 Å². The van der Waals surface area contributed by atoms with Crippen LogP contribution in [0.1, 0.15) is 19.4 Å². The Bertz CT molecular complexity index is 823. The van der Waals surface area contributed by atoms with Crippen LogP contribution in [0.4, 0.5) is 4.79 Å². The van der Waals surface area contributed by atoms with Crippen molar-refractivity contribution in [2.75, 3.05) is 0 Å². The molecule has 2 aromatic carbocycles. The molecular formula is C19H23N5O. The Morgan fingerprint density at radius 3 is 2.72 bits per heavy atom. The summed E-state index contributed by atoms with van der Waals surface area (Å²) < 4.78 is 1.73. The van der Waals surface area contributed by atoms with Gasteiger partial charge in [0.25, 0.3) is 0 Å². The number of urea groups is 1. The predicted octanol–water partition coefficient (Wildman–Crippen LogP) is 2.96. The zero-order chi connectivity index (χ0) is 17.6. The number of amides is 2. The van der Waals surface area contributed by atoms with Crippen molar-refractivity contribution in [3.63, 3.8) is 0 Å². The summed E-state index contributed by atoms with van der Waals surface area (Å²) in [7, 11) is 0. The van der Waals surface area contributed by atoms with E-state index in [9.17, 15) is 4.79 Å². The van der Waals surface area contributed by atoms with Crippen LogP contribution in [0.25, 0.3) is 10.8 Å². The summed E-state index contributed by atoms with van der Waals surface area (Å²) in [6, 6.07) is 14.1. The fourth-order valence-corrected chi connectivity index (χ4v) is 2.79. The molecule has 25 heavy (non-hydrogen) atoms. The standard InChI is InChI=1S/C19H23N5O/c1-14(2)18(11-24-13-20-12-22-24)23-19(25)21-10-16-8-5-7-15-6-3-4-9-17(15)16/h3-9,12-14,18H,10-11H2,1-2H3,(H2,21,23,25)/t18-/m0/s1. The fourth-order valence-electron chi connectivity index (χ4n) is 2.79. The molecular weight excluding hydrogens is 314 g/mol. The van der Waals surface area contributed by atoms with Crippen molar-refractivity contribution in [3.05, 3.63) is 60.7 Å². The number of hydrogen-bond donors (Lipinski definition) is 2. The van der Waals surface area contributed by atoms with Crippen LogP contribution in [-0.2, 0) is 13.1 Å². The molecule has 1 aromatic heterocycles. The molecule has 6 heteroatoms. The number of benzene rings is 2. The second-order valence-electron chi connectivity index (χ2n) is 6.43.